The Morgan fingerprint density at radius 2 is 1.90 bits per heavy atom. The highest BCUT2D eigenvalue weighted by Gasteiger charge is 2.21. The van der Waals surface area contributed by atoms with Crippen molar-refractivity contribution in [2.24, 2.45) is 4.99 Å². The molecule has 30 heavy (non-hydrogen) atoms. The molecule has 0 bridgehead atoms. The molecule has 1 N–H and O–H groups in total. The Labute approximate surface area is 201 Å². The maximum Gasteiger partial charge on any atom is 0.194 e. The molecule has 0 aliphatic carbocycles. The minimum Gasteiger partial charge on any atom is -0.364 e. The molecule has 1 saturated heterocycles. The molecule has 0 saturated carbocycles. The van der Waals surface area contributed by atoms with Gasteiger partial charge < -0.3 is 19.6 Å². The van der Waals surface area contributed by atoms with Crippen LogP contribution in [0.1, 0.15) is 24.2 Å². The number of piperazine rings is 1. The Kier molecular flexibility index (Phi) is 10.4. The van der Waals surface area contributed by atoms with Crippen LogP contribution in [0, 0.1) is 0 Å². The highest BCUT2D eigenvalue weighted by molar-refractivity contribution is 14.0. The largest absolute Gasteiger partial charge is 0.364 e. The topological polar surface area (TPSA) is 60.1 Å². The lowest BCUT2D eigenvalue weighted by atomic mass is 10.1. The Hall–Kier alpha value is -1.36. The lowest BCUT2D eigenvalue weighted by Gasteiger charge is -2.36. The van der Waals surface area contributed by atoms with E-state index in [-0.39, 0.29) is 30.0 Å². The van der Waals surface area contributed by atoms with Crippen LogP contribution in [0.4, 0.5) is 0 Å². The summed E-state index contributed by atoms with van der Waals surface area (Å²) in [5, 5.41) is 8.23. The first-order valence-electron chi connectivity index (χ1n) is 10.1. The molecule has 1 aromatic heterocycles. The van der Waals surface area contributed by atoms with E-state index in [1.54, 1.807) is 6.26 Å². The molecule has 166 valence electrons. The summed E-state index contributed by atoms with van der Waals surface area (Å²) in [6, 6.07) is 10.2. The van der Waals surface area contributed by atoms with Crippen LogP contribution in [-0.4, -0.2) is 79.2 Å². The number of nitrogens with one attached hydrogen (secondary N) is 1. The Morgan fingerprint density at radius 3 is 2.47 bits per heavy atom. The van der Waals surface area contributed by atoms with Crippen molar-refractivity contribution in [2.75, 3.05) is 53.4 Å². The van der Waals surface area contributed by atoms with Gasteiger partial charge in [0.2, 0.25) is 0 Å². The maximum absolute atomic E-state index is 6.05. The fourth-order valence-corrected chi connectivity index (χ4v) is 3.64. The normalized spacial score (nSPS) is 16.4. The summed E-state index contributed by atoms with van der Waals surface area (Å²) in [6.07, 6.45) is 1.63. The molecule has 3 rings (SSSR count). The van der Waals surface area contributed by atoms with Gasteiger partial charge in [0.05, 0.1) is 18.3 Å². The number of nitrogens with zero attached hydrogens (tertiary/aromatic N) is 5. The average molecular weight is 547 g/mol. The van der Waals surface area contributed by atoms with Crippen molar-refractivity contribution in [2.45, 2.75) is 19.5 Å². The Balaban J connectivity index is 0.00000320. The number of aromatic nitrogens is 1. The maximum atomic E-state index is 6.05. The minimum absolute atomic E-state index is 0. The molecule has 7 nitrogen and oxygen atoms in total. The number of benzene rings is 1. The van der Waals surface area contributed by atoms with Crippen molar-refractivity contribution in [3.05, 3.63) is 52.9 Å². The second-order valence-electron chi connectivity index (χ2n) is 7.48. The molecule has 1 aromatic carbocycles. The third kappa shape index (κ3) is 7.11. The van der Waals surface area contributed by atoms with Gasteiger partial charge in [0.1, 0.15) is 6.26 Å². The number of halogens is 2. The van der Waals surface area contributed by atoms with Crippen molar-refractivity contribution in [1.82, 2.24) is 25.2 Å². The predicted octanol–water partition coefficient (Wildman–Crippen LogP) is 3.33. The summed E-state index contributed by atoms with van der Waals surface area (Å²) in [4.78, 5) is 11.9. The number of likely N-dealkylation sites (N-methyl/N-ethyl adjacent to an activating group) is 1. The van der Waals surface area contributed by atoms with Crippen LogP contribution in [0.25, 0.3) is 0 Å². The van der Waals surface area contributed by atoms with Gasteiger partial charge in [-0.2, -0.15) is 0 Å². The summed E-state index contributed by atoms with van der Waals surface area (Å²) in [5.74, 6) is 0.981. The fourth-order valence-electron chi connectivity index (χ4n) is 3.52. The Bertz CT molecular complexity index is 760. The van der Waals surface area contributed by atoms with E-state index >= 15 is 0 Å². The molecule has 1 atom stereocenters. The summed E-state index contributed by atoms with van der Waals surface area (Å²) in [5.41, 5.74) is 2.20. The third-order valence-electron chi connectivity index (χ3n) is 5.18. The lowest BCUT2D eigenvalue weighted by molar-refractivity contribution is 0.168. The molecule has 2 aromatic rings. The summed E-state index contributed by atoms with van der Waals surface area (Å²) < 4.78 is 4.94. The van der Waals surface area contributed by atoms with Gasteiger partial charge in [-0.15, -0.1) is 24.0 Å². The standard InChI is InChI=1S/C21H31ClN6O.HI/c1-4-23-21(24-15-20(26(2)3)17-5-7-18(22)8-6-17)28-12-10-27(11-13-28)16-19-9-14-29-25-19;/h5-9,14,20H,4,10-13,15-16H2,1-3H3,(H,23,24);1H. The van der Waals surface area contributed by atoms with E-state index in [4.69, 9.17) is 21.1 Å². The van der Waals surface area contributed by atoms with Gasteiger partial charge >= 0.3 is 0 Å². The zero-order valence-electron chi connectivity index (χ0n) is 17.9. The van der Waals surface area contributed by atoms with E-state index in [0.717, 1.165) is 55.9 Å². The second-order valence-corrected chi connectivity index (χ2v) is 7.92. The van der Waals surface area contributed by atoms with E-state index in [9.17, 15) is 0 Å². The average Bonchev–Trinajstić information content (AvgIpc) is 3.22. The van der Waals surface area contributed by atoms with Crippen molar-refractivity contribution in [3.63, 3.8) is 0 Å². The van der Waals surface area contributed by atoms with Gasteiger partial charge in [0.15, 0.2) is 5.96 Å². The van der Waals surface area contributed by atoms with Crippen LogP contribution < -0.4 is 5.32 Å². The number of rotatable bonds is 7. The van der Waals surface area contributed by atoms with Gasteiger partial charge in [-0.25, -0.2) is 0 Å². The van der Waals surface area contributed by atoms with E-state index in [1.807, 2.05) is 18.2 Å². The molecule has 1 fully saturated rings. The van der Waals surface area contributed by atoms with Gasteiger partial charge in [0, 0.05) is 50.4 Å². The molecule has 0 spiro atoms. The second kappa shape index (κ2) is 12.5. The highest BCUT2D eigenvalue weighted by atomic mass is 127. The fraction of sp³-hybridized carbons (Fsp3) is 0.524. The molecule has 9 heteroatoms. The van der Waals surface area contributed by atoms with Crippen LogP contribution >= 0.6 is 35.6 Å². The monoisotopic (exact) mass is 546 g/mol. The number of hydrogen-bond donors (Lipinski definition) is 1. The molecule has 0 amide bonds. The zero-order chi connectivity index (χ0) is 20.6. The quantitative estimate of drug-likeness (QED) is 0.327. The third-order valence-corrected chi connectivity index (χ3v) is 5.43. The molecule has 0 radical (unpaired) electrons. The van der Waals surface area contributed by atoms with E-state index in [1.165, 1.54) is 5.56 Å². The van der Waals surface area contributed by atoms with Crippen LogP contribution in [0.5, 0.6) is 0 Å². The molecule has 2 heterocycles. The zero-order valence-corrected chi connectivity index (χ0v) is 21.0. The summed E-state index contributed by atoms with van der Waals surface area (Å²) in [6.45, 7) is 8.32. The minimum atomic E-state index is 0. The van der Waals surface area contributed by atoms with Crippen LogP contribution in [-0.2, 0) is 6.54 Å². The molecule has 1 aliphatic rings. The highest BCUT2D eigenvalue weighted by Crippen LogP contribution is 2.21. The molecular weight excluding hydrogens is 515 g/mol. The van der Waals surface area contributed by atoms with Crippen LogP contribution in [0.2, 0.25) is 5.02 Å². The molecule has 1 unspecified atom stereocenters. The molecule has 1 aliphatic heterocycles. The van der Waals surface area contributed by atoms with Gasteiger partial charge in [-0.3, -0.25) is 9.89 Å². The first kappa shape index (κ1) is 24.9. The Morgan fingerprint density at radius 1 is 1.20 bits per heavy atom. The van der Waals surface area contributed by atoms with Gasteiger partial charge in [-0.1, -0.05) is 28.9 Å². The number of hydrogen-bond acceptors (Lipinski definition) is 5. The number of aliphatic imine (C=N–C) groups is 1. The summed E-state index contributed by atoms with van der Waals surface area (Å²) >= 11 is 6.05. The van der Waals surface area contributed by atoms with Crippen molar-refractivity contribution in [3.8, 4) is 0 Å². The predicted molar refractivity (Wildman–Crippen MR) is 133 cm³/mol. The number of guanidine groups is 1. The van der Waals surface area contributed by atoms with Gasteiger partial charge in [-0.05, 0) is 38.7 Å². The van der Waals surface area contributed by atoms with E-state index in [2.05, 4.69) is 58.3 Å². The lowest BCUT2D eigenvalue weighted by Crippen LogP contribution is -2.52. The van der Waals surface area contributed by atoms with Crippen LogP contribution in [0.3, 0.4) is 0 Å². The SMILES string of the molecule is CCNC(=NCC(c1ccc(Cl)cc1)N(C)C)N1CCN(Cc2ccon2)CC1.I. The van der Waals surface area contributed by atoms with Gasteiger partial charge in [0.25, 0.3) is 0 Å². The van der Waals surface area contributed by atoms with E-state index in [0.29, 0.717) is 6.54 Å². The molecular formula is C21H32ClIN6O. The summed E-state index contributed by atoms with van der Waals surface area (Å²) in [7, 11) is 4.18. The smallest absolute Gasteiger partial charge is 0.194 e. The first-order valence-corrected chi connectivity index (χ1v) is 10.5. The first-order chi connectivity index (χ1) is 14.1. The van der Waals surface area contributed by atoms with Crippen molar-refractivity contribution < 1.29 is 4.52 Å². The van der Waals surface area contributed by atoms with Crippen LogP contribution in [0.15, 0.2) is 46.1 Å². The van der Waals surface area contributed by atoms with Crippen molar-refractivity contribution >= 4 is 41.5 Å². The van der Waals surface area contributed by atoms with Crippen molar-refractivity contribution in [1.29, 1.82) is 0 Å². The van der Waals surface area contributed by atoms with E-state index < -0.39 is 0 Å².